The molecule has 1 heterocycles. The molecular formula is C21H32IN3O2. The van der Waals surface area contributed by atoms with Crippen LogP contribution >= 0.6 is 24.0 Å². The van der Waals surface area contributed by atoms with E-state index in [9.17, 15) is 0 Å². The van der Waals surface area contributed by atoms with Crippen molar-refractivity contribution in [2.75, 3.05) is 47.0 Å². The predicted octanol–water partition coefficient (Wildman–Crippen LogP) is 3.18. The summed E-state index contributed by atoms with van der Waals surface area (Å²) in [5.41, 5.74) is 1.26. The Hall–Kier alpha value is -1.46. The number of nitrogens with zero attached hydrogens (tertiary/aromatic N) is 2. The Morgan fingerprint density at radius 1 is 1.33 bits per heavy atom. The van der Waals surface area contributed by atoms with E-state index < -0.39 is 0 Å². The minimum Gasteiger partial charge on any atom is -0.481 e. The fraction of sp³-hybridized carbons (Fsp3) is 0.571. The number of halogens is 1. The number of guanidine groups is 1. The molecule has 0 atom stereocenters. The summed E-state index contributed by atoms with van der Waals surface area (Å²) < 4.78 is 10.8. The Bertz CT molecular complexity index is 592. The highest BCUT2D eigenvalue weighted by Gasteiger charge is 2.15. The highest BCUT2D eigenvalue weighted by Crippen LogP contribution is 2.18. The topological polar surface area (TPSA) is 46.1 Å². The van der Waals surface area contributed by atoms with Crippen LogP contribution in [-0.4, -0.2) is 57.9 Å². The number of aliphatic imine (C=N–C) groups is 1. The summed E-state index contributed by atoms with van der Waals surface area (Å²) in [5.74, 6) is 5.01. The molecule has 1 aliphatic rings. The Morgan fingerprint density at radius 2 is 2.04 bits per heavy atom. The van der Waals surface area contributed by atoms with Crippen molar-refractivity contribution in [3.8, 4) is 18.1 Å². The second-order valence-corrected chi connectivity index (χ2v) is 6.63. The fourth-order valence-corrected chi connectivity index (χ4v) is 3.10. The summed E-state index contributed by atoms with van der Waals surface area (Å²) >= 11 is 0. The van der Waals surface area contributed by atoms with Crippen molar-refractivity contribution in [3.05, 3.63) is 29.8 Å². The normalized spacial score (nSPS) is 14.8. The Morgan fingerprint density at radius 3 is 2.67 bits per heavy atom. The van der Waals surface area contributed by atoms with E-state index >= 15 is 0 Å². The first-order valence-corrected chi connectivity index (χ1v) is 9.37. The van der Waals surface area contributed by atoms with Crippen LogP contribution in [0.2, 0.25) is 0 Å². The quantitative estimate of drug-likeness (QED) is 0.266. The lowest BCUT2D eigenvalue weighted by Crippen LogP contribution is -2.40. The Balaban J connectivity index is 0.00000364. The van der Waals surface area contributed by atoms with Gasteiger partial charge in [0.25, 0.3) is 0 Å². The van der Waals surface area contributed by atoms with Gasteiger partial charge in [0.2, 0.25) is 0 Å². The molecule has 0 unspecified atom stereocenters. The number of benzene rings is 1. The largest absolute Gasteiger partial charge is 0.481 e. The monoisotopic (exact) mass is 485 g/mol. The van der Waals surface area contributed by atoms with E-state index in [4.69, 9.17) is 15.9 Å². The molecular weight excluding hydrogens is 453 g/mol. The van der Waals surface area contributed by atoms with Crippen LogP contribution in [0.15, 0.2) is 29.3 Å². The van der Waals surface area contributed by atoms with E-state index in [1.165, 1.54) is 24.8 Å². The highest BCUT2D eigenvalue weighted by atomic mass is 127. The molecule has 150 valence electrons. The van der Waals surface area contributed by atoms with Crippen LogP contribution in [0.3, 0.4) is 0 Å². The summed E-state index contributed by atoms with van der Waals surface area (Å²) in [6.45, 7) is 3.99. The second kappa shape index (κ2) is 13.7. The molecule has 1 aromatic carbocycles. The molecule has 1 aliphatic heterocycles. The first-order chi connectivity index (χ1) is 12.7. The van der Waals surface area contributed by atoms with E-state index in [0.29, 0.717) is 6.61 Å². The number of hydrogen-bond donors (Lipinski definition) is 1. The van der Waals surface area contributed by atoms with Gasteiger partial charge in [-0.2, -0.15) is 0 Å². The van der Waals surface area contributed by atoms with Gasteiger partial charge in [-0.25, -0.2) is 0 Å². The van der Waals surface area contributed by atoms with E-state index in [2.05, 4.69) is 40.3 Å². The molecule has 2 rings (SSSR count). The third-order valence-corrected chi connectivity index (χ3v) is 4.73. The maximum Gasteiger partial charge on any atom is 0.193 e. The fourth-order valence-electron chi connectivity index (χ4n) is 3.10. The maximum atomic E-state index is 5.43. The minimum absolute atomic E-state index is 0. The van der Waals surface area contributed by atoms with Crippen molar-refractivity contribution in [1.82, 2.24) is 10.2 Å². The molecule has 0 saturated carbocycles. The lowest BCUT2D eigenvalue weighted by Gasteiger charge is -2.26. The Labute approximate surface area is 180 Å². The Kier molecular flexibility index (Phi) is 11.9. The molecule has 0 radical (unpaired) electrons. The third kappa shape index (κ3) is 8.85. The van der Waals surface area contributed by atoms with Gasteiger partial charge in [-0.1, -0.05) is 18.1 Å². The van der Waals surface area contributed by atoms with Crippen molar-refractivity contribution >= 4 is 29.9 Å². The van der Waals surface area contributed by atoms with Gasteiger partial charge in [0, 0.05) is 40.4 Å². The smallest absolute Gasteiger partial charge is 0.193 e. The molecule has 0 amide bonds. The van der Waals surface area contributed by atoms with Gasteiger partial charge in [-0.3, -0.25) is 4.99 Å². The van der Waals surface area contributed by atoms with Crippen LogP contribution in [0, 0.1) is 18.3 Å². The van der Waals surface area contributed by atoms with Crippen LogP contribution in [0.5, 0.6) is 5.75 Å². The molecule has 6 heteroatoms. The molecule has 1 aromatic rings. The zero-order valence-electron chi connectivity index (χ0n) is 16.4. The van der Waals surface area contributed by atoms with E-state index in [-0.39, 0.29) is 24.0 Å². The molecule has 0 aromatic heterocycles. The molecule has 5 nitrogen and oxygen atoms in total. The molecule has 27 heavy (non-hydrogen) atoms. The average molecular weight is 485 g/mol. The van der Waals surface area contributed by atoms with Crippen LogP contribution in [-0.2, 0) is 11.2 Å². The van der Waals surface area contributed by atoms with Gasteiger partial charge in [0.15, 0.2) is 5.96 Å². The lowest BCUT2D eigenvalue weighted by atomic mass is 9.96. The van der Waals surface area contributed by atoms with Crippen molar-refractivity contribution in [3.63, 3.8) is 0 Å². The van der Waals surface area contributed by atoms with Crippen molar-refractivity contribution in [2.24, 2.45) is 10.9 Å². The van der Waals surface area contributed by atoms with Gasteiger partial charge >= 0.3 is 0 Å². The van der Waals surface area contributed by atoms with Crippen LogP contribution in [0.1, 0.15) is 24.8 Å². The zero-order valence-corrected chi connectivity index (χ0v) is 18.8. The van der Waals surface area contributed by atoms with Gasteiger partial charge < -0.3 is 19.7 Å². The average Bonchev–Trinajstić information content (AvgIpc) is 2.69. The van der Waals surface area contributed by atoms with Gasteiger partial charge in [0.05, 0.1) is 0 Å². The number of hydrogen-bond acceptors (Lipinski definition) is 3. The van der Waals surface area contributed by atoms with Crippen molar-refractivity contribution in [1.29, 1.82) is 0 Å². The highest BCUT2D eigenvalue weighted by molar-refractivity contribution is 14.0. The summed E-state index contributed by atoms with van der Waals surface area (Å²) in [4.78, 5) is 6.61. The molecule has 0 bridgehead atoms. The molecule has 1 N–H and O–H groups in total. The van der Waals surface area contributed by atoms with Gasteiger partial charge in [-0.15, -0.1) is 30.4 Å². The third-order valence-electron chi connectivity index (χ3n) is 4.73. The second-order valence-electron chi connectivity index (χ2n) is 6.63. The van der Waals surface area contributed by atoms with Crippen LogP contribution in [0.4, 0.5) is 0 Å². The van der Waals surface area contributed by atoms with E-state index in [1.807, 2.05) is 19.2 Å². The standard InChI is InChI=1S/C21H31N3O2.HI/c1-4-15-26-20-7-5-18(6-8-20)9-13-23-21(22-2)24(3)14-10-19-11-16-25-17-12-19;/h1,5-8,19H,9-17H2,2-3H3,(H,22,23);1H. The first-order valence-electron chi connectivity index (χ1n) is 9.37. The predicted molar refractivity (Wildman–Crippen MR) is 122 cm³/mol. The molecule has 1 saturated heterocycles. The maximum absolute atomic E-state index is 5.43. The van der Waals surface area contributed by atoms with E-state index in [0.717, 1.165) is 50.4 Å². The number of rotatable bonds is 8. The molecule has 0 spiro atoms. The van der Waals surface area contributed by atoms with Gasteiger partial charge in [-0.05, 0) is 49.3 Å². The summed E-state index contributed by atoms with van der Waals surface area (Å²) in [6, 6.07) is 8.07. The van der Waals surface area contributed by atoms with Gasteiger partial charge in [0.1, 0.15) is 12.4 Å². The SMILES string of the molecule is C#CCOc1ccc(CCNC(=NC)N(C)CCC2CCOCC2)cc1.I. The summed E-state index contributed by atoms with van der Waals surface area (Å²) in [7, 11) is 3.94. The van der Waals surface area contributed by atoms with Crippen molar-refractivity contribution in [2.45, 2.75) is 25.7 Å². The zero-order chi connectivity index (χ0) is 18.6. The van der Waals surface area contributed by atoms with Crippen LogP contribution in [0.25, 0.3) is 0 Å². The number of ether oxygens (including phenoxy) is 2. The first kappa shape index (κ1) is 23.6. The minimum atomic E-state index is 0. The molecule has 0 aliphatic carbocycles. The van der Waals surface area contributed by atoms with Crippen LogP contribution < -0.4 is 10.1 Å². The summed E-state index contributed by atoms with van der Waals surface area (Å²) in [5, 5.41) is 3.45. The lowest BCUT2D eigenvalue weighted by molar-refractivity contribution is 0.0625. The summed E-state index contributed by atoms with van der Waals surface area (Å²) in [6.07, 6.45) is 9.69. The molecule has 1 fully saturated rings. The number of terminal acetylenes is 1. The number of nitrogens with one attached hydrogen (secondary N) is 1. The van der Waals surface area contributed by atoms with E-state index in [1.54, 1.807) is 0 Å². The van der Waals surface area contributed by atoms with Crippen molar-refractivity contribution < 1.29 is 9.47 Å².